The number of carbonyl (C=O) groups excluding carboxylic acids is 1. The number of Topliss-reactive ketones (excluding diaryl/α,β-unsaturated/α-hetero) is 1. The van der Waals surface area contributed by atoms with Crippen molar-refractivity contribution in [3.63, 3.8) is 0 Å². The number of nitrogens with zero attached hydrogens (tertiary/aromatic N) is 1. The summed E-state index contributed by atoms with van der Waals surface area (Å²) in [6, 6.07) is 7.97. The van der Waals surface area contributed by atoms with E-state index in [2.05, 4.69) is 9.71 Å². The van der Waals surface area contributed by atoms with Crippen molar-refractivity contribution in [1.29, 1.82) is 0 Å². The van der Waals surface area contributed by atoms with E-state index in [9.17, 15) is 28.5 Å². The molecule has 1 aliphatic heterocycles. The molecule has 0 spiro atoms. The van der Waals surface area contributed by atoms with Crippen LogP contribution in [0.2, 0.25) is 0 Å². The van der Waals surface area contributed by atoms with E-state index >= 15 is 0 Å². The number of anilines is 1. The van der Waals surface area contributed by atoms with Crippen molar-refractivity contribution < 1.29 is 28.5 Å². The van der Waals surface area contributed by atoms with E-state index in [1.165, 1.54) is 30.3 Å². The molecule has 0 aromatic heterocycles. The zero-order chi connectivity index (χ0) is 23.3. The molecule has 2 aliphatic rings. The Labute approximate surface area is 186 Å². The van der Waals surface area contributed by atoms with Crippen molar-refractivity contribution in [1.82, 2.24) is 0 Å². The van der Waals surface area contributed by atoms with Crippen LogP contribution in [0.5, 0.6) is 5.75 Å². The average Bonchev–Trinajstić information content (AvgIpc) is 2.73. The van der Waals surface area contributed by atoms with E-state index in [1.54, 1.807) is 6.07 Å². The Morgan fingerprint density at radius 1 is 1.06 bits per heavy atom. The molecule has 5 N–H and O–H groups in total. The first kappa shape index (κ1) is 22.3. The van der Waals surface area contributed by atoms with Crippen LogP contribution in [0, 0.1) is 5.82 Å². The van der Waals surface area contributed by atoms with Crippen LogP contribution in [-0.2, 0) is 10.2 Å². The molecule has 1 heterocycles. The molecule has 0 atom stereocenters. The topological polar surface area (TPSA) is 122 Å². The van der Waals surface area contributed by atoms with Gasteiger partial charge in [-0.1, -0.05) is 43.5 Å². The molecule has 0 unspecified atom stereocenters. The van der Waals surface area contributed by atoms with E-state index in [0.29, 0.717) is 31.2 Å². The van der Waals surface area contributed by atoms with Gasteiger partial charge in [-0.25, -0.2) is 4.39 Å². The standard InChI is InChI=1S/C23H25FN2O5S/c1-3-9-23(10-4-2)16-7-5-13(24)11-15(16)20(28)19(21(23)29)22-25-17-8-6-14(27)12-18(17)32(30,31)26-22/h5-8,11-12,27-28,30-31H,3-4,9-10H2,1-2H3,(H,25,26). The number of hydrogen-bond donors (Lipinski definition) is 5. The minimum absolute atomic E-state index is 0.0237. The summed E-state index contributed by atoms with van der Waals surface area (Å²) >= 11 is 0. The number of aliphatic hydroxyl groups excluding tert-OH is 1. The van der Waals surface area contributed by atoms with Crippen LogP contribution in [0.4, 0.5) is 10.1 Å². The number of amidine groups is 1. The monoisotopic (exact) mass is 460 g/mol. The largest absolute Gasteiger partial charge is 0.508 e. The second-order valence-corrected chi connectivity index (χ2v) is 9.75. The Balaban J connectivity index is 1.96. The fourth-order valence-corrected chi connectivity index (χ4v) is 5.89. The average molecular weight is 461 g/mol. The summed E-state index contributed by atoms with van der Waals surface area (Å²) in [4.78, 5) is 13.9. The third-order valence-electron chi connectivity index (χ3n) is 5.97. The van der Waals surface area contributed by atoms with E-state index in [-0.39, 0.29) is 33.3 Å². The molecule has 2 aromatic rings. The normalized spacial score (nSPS) is 19.5. The predicted molar refractivity (Wildman–Crippen MR) is 123 cm³/mol. The minimum atomic E-state index is -3.76. The maximum absolute atomic E-state index is 14.2. The number of hydrogen-bond acceptors (Lipinski definition) is 7. The fourth-order valence-electron chi connectivity index (χ4n) is 4.70. The molecule has 0 fully saturated rings. The van der Waals surface area contributed by atoms with Gasteiger partial charge in [-0.3, -0.25) is 13.9 Å². The maximum atomic E-state index is 14.2. The fraction of sp³-hybridized carbons (Fsp3) is 0.304. The van der Waals surface area contributed by atoms with Crippen molar-refractivity contribution >= 4 is 33.8 Å². The van der Waals surface area contributed by atoms with E-state index in [0.717, 1.165) is 0 Å². The van der Waals surface area contributed by atoms with Gasteiger partial charge in [0.15, 0.2) is 11.6 Å². The summed E-state index contributed by atoms with van der Waals surface area (Å²) in [6.45, 7) is 3.89. The molecule has 0 radical (unpaired) electrons. The van der Waals surface area contributed by atoms with Gasteiger partial charge in [-0.05, 0) is 42.7 Å². The van der Waals surface area contributed by atoms with Gasteiger partial charge in [0.05, 0.1) is 11.1 Å². The Morgan fingerprint density at radius 3 is 2.41 bits per heavy atom. The first-order valence-corrected chi connectivity index (χ1v) is 11.9. The van der Waals surface area contributed by atoms with Crippen molar-refractivity contribution in [3.05, 3.63) is 58.9 Å². The molecule has 9 heteroatoms. The summed E-state index contributed by atoms with van der Waals surface area (Å²) < 4.78 is 39.4. The van der Waals surface area contributed by atoms with Crippen molar-refractivity contribution in [3.8, 4) is 5.75 Å². The third kappa shape index (κ3) is 3.37. The Bertz CT molecular complexity index is 1170. The molecule has 1 aliphatic carbocycles. The molecule has 0 amide bonds. The summed E-state index contributed by atoms with van der Waals surface area (Å²) in [5.41, 5.74) is -0.219. The number of benzene rings is 2. The van der Waals surface area contributed by atoms with Gasteiger partial charge in [0.25, 0.3) is 0 Å². The second-order valence-electron chi connectivity index (χ2n) is 8.09. The zero-order valence-electron chi connectivity index (χ0n) is 17.7. The highest BCUT2D eigenvalue weighted by Crippen LogP contribution is 2.57. The lowest BCUT2D eigenvalue weighted by Crippen LogP contribution is -2.44. The molecule has 7 nitrogen and oxygen atoms in total. The Morgan fingerprint density at radius 2 is 1.75 bits per heavy atom. The highest BCUT2D eigenvalue weighted by Gasteiger charge is 2.48. The number of phenolic OH excluding ortho intramolecular Hbond substituents is 1. The van der Waals surface area contributed by atoms with Gasteiger partial charge < -0.3 is 15.5 Å². The molecule has 2 aromatic carbocycles. The smallest absolute Gasteiger partial charge is 0.180 e. The van der Waals surface area contributed by atoms with Crippen molar-refractivity contribution in [2.45, 2.75) is 49.8 Å². The summed E-state index contributed by atoms with van der Waals surface area (Å²) in [5, 5.41) is 23.7. The number of nitrogens with one attached hydrogen (secondary N) is 1. The van der Waals surface area contributed by atoms with Crippen LogP contribution in [0.15, 0.2) is 51.3 Å². The number of aromatic hydroxyl groups is 1. The Kier molecular flexibility index (Phi) is 5.52. The van der Waals surface area contributed by atoms with Crippen molar-refractivity contribution in [2.75, 3.05) is 5.32 Å². The number of rotatable bonds is 5. The van der Waals surface area contributed by atoms with Gasteiger partial charge >= 0.3 is 0 Å². The summed E-state index contributed by atoms with van der Waals surface area (Å²) in [5.74, 6) is -1.79. The molecule has 0 saturated heterocycles. The molecule has 0 bridgehead atoms. The number of aliphatic hydroxyl groups is 1. The van der Waals surface area contributed by atoms with Gasteiger partial charge in [0, 0.05) is 11.6 Å². The third-order valence-corrected chi connectivity index (χ3v) is 7.34. The quantitative estimate of drug-likeness (QED) is 0.361. The van der Waals surface area contributed by atoms with E-state index in [1.807, 2.05) is 13.8 Å². The lowest BCUT2D eigenvalue weighted by atomic mass is 9.63. The highest BCUT2D eigenvalue weighted by atomic mass is 32.3. The van der Waals surface area contributed by atoms with E-state index < -0.39 is 33.6 Å². The predicted octanol–water partition coefficient (Wildman–Crippen LogP) is 5.77. The summed E-state index contributed by atoms with van der Waals surface area (Å²) in [6.07, 6.45) is 2.30. The minimum Gasteiger partial charge on any atom is -0.508 e. The first-order valence-electron chi connectivity index (χ1n) is 10.4. The van der Waals surface area contributed by atoms with Gasteiger partial charge in [-0.2, -0.15) is 0 Å². The number of ketones is 1. The molecule has 170 valence electrons. The SMILES string of the molecule is CCCC1(CCC)C(=O)C(C2=NS(O)(O)c3cc(O)ccc3N2)=C(O)c2cc(F)ccc21. The van der Waals surface area contributed by atoms with Crippen LogP contribution in [0.25, 0.3) is 5.76 Å². The lowest BCUT2D eigenvalue weighted by molar-refractivity contribution is -0.121. The molecular weight excluding hydrogens is 435 g/mol. The zero-order valence-corrected chi connectivity index (χ0v) is 18.5. The number of carbonyl (C=O) groups is 1. The molecule has 32 heavy (non-hydrogen) atoms. The summed E-state index contributed by atoms with van der Waals surface area (Å²) in [7, 11) is -3.76. The number of halogens is 1. The second kappa shape index (κ2) is 7.91. The van der Waals surface area contributed by atoms with Crippen molar-refractivity contribution in [2.24, 2.45) is 4.40 Å². The molecule has 0 saturated carbocycles. The number of phenols is 1. The van der Waals surface area contributed by atoms with Crippen LogP contribution < -0.4 is 5.32 Å². The van der Waals surface area contributed by atoms with Crippen LogP contribution in [0.1, 0.15) is 50.7 Å². The van der Waals surface area contributed by atoms with Crippen LogP contribution in [0.3, 0.4) is 0 Å². The Hall–Kier alpha value is -2.88. The highest BCUT2D eigenvalue weighted by molar-refractivity contribution is 8.23. The lowest BCUT2D eigenvalue weighted by Gasteiger charge is -2.40. The first-order chi connectivity index (χ1) is 15.1. The van der Waals surface area contributed by atoms with Crippen LogP contribution >= 0.6 is 10.8 Å². The van der Waals surface area contributed by atoms with Crippen LogP contribution in [-0.4, -0.2) is 30.9 Å². The molecular formula is C23H25FN2O5S. The van der Waals surface area contributed by atoms with Gasteiger partial charge in [0.1, 0.15) is 27.8 Å². The van der Waals surface area contributed by atoms with Gasteiger partial charge in [-0.15, -0.1) is 4.40 Å². The number of fused-ring (bicyclic) bond motifs is 2. The maximum Gasteiger partial charge on any atom is 0.180 e. The molecule has 4 rings (SSSR count). The van der Waals surface area contributed by atoms with Gasteiger partial charge in [0.2, 0.25) is 0 Å². The van der Waals surface area contributed by atoms with E-state index in [4.69, 9.17) is 0 Å².